The van der Waals surface area contributed by atoms with Crippen LogP contribution in [0, 0.1) is 0 Å². The van der Waals surface area contributed by atoms with Gasteiger partial charge in [0.25, 0.3) is 0 Å². The van der Waals surface area contributed by atoms with Crippen molar-refractivity contribution in [2.45, 2.75) is 19.3 Å². The first-order valence-corrected chi connectivity index (χ1v) is 5.26. The van der Waals surface area contributed by atoms with E-state index in [1.54, 1.807) is 12.4 Å². The van der Waals surface area contributed by atoms with Crippen LogP contribution in [0.15, 0.2) is 18.5 Å². The second-order valence-electron chi connectivity index (χ2n) is 3.13. The number of pyridine rings is 1. The molecule has 14 heavy (non-hydrogen) atoms. The molecule has 78 valence electrons. The van der Waals surface area contributed by atoms with Gasteiger partial charge in [-0.15, -0.1) is 0 Å². The molecule has 1 rings (SSSR count). The molecule has 0 amide bonds. The zero-order valence-corrected chi connectivity index (χ0v) is 8.93. The Morgan fingerprint density at radius 3 is 2.93 bits per heavy atom. The van der Waals surface area contributed by atoms with Crippen LogP contribution in [0.5, 0.6) is 0 Å². The van der Waals surface area contributed by atoms with E-state index >= 15 is 0 Å². The van der Waals surface area contributed by atoms with Crippen LogP contribution in [0.2, 0.25) is 5.02 Å². The monoisotopic (exact) mass is 213 g/mol. The molecule has 1 aromatic heterocycles. The first-order valence-electron chi connectivity index (χ1n) is 4.88. The van der Waals surface area contributed by atoms with Gasteiger partial charge < -0.3 is 11.1 Å². The van der Waals surface area contributed by atoms with Crippen molar-refractivity contribution in [3.05, 3.63) is 23.5 Å². The highest BCUT2D eigenvalue weighted by atomic mass is 35.5. The summed E-state index contributed by atoms with van der Waals surface area (Å²) in [6.07, 6.45) is 6.74. The molecule has 0 fully saturated rings. The third-order valence-corrected chi connectivity index (χ3v) is 2.27. The van der Waals surface area contributed by atoms with Gasteiger partial charge in [0.15, 0.2) is 0 Å². The van der Waals surface area contributed by atoms with Gasteiger partial charge >= 0.3 is 0 Å². The summed E-state index contributed by atoms with van der Waals surface area (Å²) in [4.78, 5) is 3.91. The number of unbranched alkanes of at least 4 members (excludes halogenated alkanes) is 2. The Kier molecular flexibility index (Phi) is 5.33. The molecule has 3 N–H and O–H groups in total. The first kappa shape index (κ1) is 11.3. The Morgan fingerprint density at radius 2 is 2.21 bits per heavy atom. The van der Waals surface area contributed by atoms with Crippen molar-refractivity contribution in [1.82, 2.24) is 4.98 Å². The van der Waals surface area contributed by atoms with Crippen molar-refractivity contribution < 1.29 is 0 Å². The largest absolute Gasteiger partial charge is 0.384 e. The fraction of sp³-hybridized carbons (Fsp3) is 0.500. The van der Waals surface area contributed by atoms with Crippen molar-refractivity contribution in [1.29, 1.82) is 0 Å². The molecule has 0 aliphatic heterocycles. The topological polar surface area (TPSA) is 50.9 Å². The number of nitrogens with two attached hydrogens (primary N) is 1. The average Bonchev–Trinajstić information content (AvgIpc) is 2.20. The van der Waals surface area contributed by atoms with Crippen LogP contribution in [0.4, 0.5) is 5.69 Å². The van der Waals surface area contributed by atoms with Gasteiger partial charge in [-0.05, 0) is 25.5 Å². The normalized spacial score (nSPS) is 10.1. The van der Waals surface area contributed by atoms with Crippen molar-refractivity contribution in [2.75, 3.05) is 18.4 Å². The Morgan fingerprint density at radius 1 is 1.36 bits per heavy atom. The fourth-order valence-corrected chi connectivity index (χ4v) is 1.37. The minimum Gasteiger partial charge on any atom is -0.384 e. The van der Waals surface area contributed by atoms with E-state index in [0.717, 1.165) is 38.0 Å². The molecule has 0 aromatic carbocycles. The molecule has 0 unspecified atom stereocenters. The van der Waals surface area contributed by atoms with Gasteiger partial charge in [0.05, 0.1) is 10.7 Å². The zero-order chi connectivity index (χ0) is 10.2. The van der Waals surface area contributed by atoms with Crippen LogP contribution >= 0.6 is 11.6 Å². The van der Waals surface area contributed by atoms with E-state index in [-0.39, 0.29) is 0 Å². The number of anilines is 1. The summed E-state index contributed by atoms with van der Waals surface area (Å²) in [6, 6.07) is 1.88. The molecule has 0 atom stereocenters. The van der Waals surface area contributed by atoms with Gasteiger partial charge in [-0.25, -0.2) is 0 Å². The van der Waals surface area contributed by atoms with Crippen molar-refractivity contribution in [3.63, 3.8) is 0 Å². The summed E-state index contributed by atoms with van der Waals surface area (Å²) in [6.45, 7) is 1.71. The molecule has 0 aliphatic carbocycles. The van der Waals surface area contributed by atoms with E-state index in [2.05, 4.69) is 10.3 Å². The van der Waals surface area contributed by atoms with E-state index < -0.39 is 0 Å². The summed E-state index contributed by atoms with van der Waals surface area (Å²) in [5.41, 5.74) is 6.35. The maximum Gasteiger partial charge on any atom is 0.0820 e. The van der Waals surface area contributed by atoms with E-state index in [1.165, 1.54) is 0 Å². The molecule has 0 radical (unpaired) electrons. The van der Waals surface area contributed by atoms with Gasteiger partial charge in [0, 0.05) is 18.9 Å². The summed E-state index contributed by atoms with van der Waals surface area (Å²) < 4.78 is 0. The zero-order valence-electron chi connectivity index (χ0n) is 8.17. The van der Waals surface area contributed by atoms with E-state index in [4.69, 9.17) is 17.3 Å². The number of nitrogens with zero attached hydrogens (tertiary/aromatic N) is 1. The van der Waals surface area contributed by atoms with Gasteiger partial charge in [0.2, 0.25) is 0 Å². The number of aromatic nitrogens is 1. The molecule has 0 spiro atoms. The minimum absolute atomic E-state index is 0.673. The van der Waals surface area contributed by atoms with Gasteiger partial charge in [-0.1, -0.05) is 18.0 Å². The van der Waals surface area contributed by atoms with Gasteiger partial charge in [-0.3, -0.25) is 4.98 Å². The Hall–Kier alpha value is -0.800. The minimum atomic E-state index is 0.673. The van der Waals surface area contributed by atoms with Crippen LogP contribution in [-0.2, 0) is 0 Å². The van der Waals surface area contributed by atoms with Crippen LogP contribution in [-0.4, -0.2) is 18.1 Å². The summed E-state index contributed by atoms with van der Waals surface area (Å²) >= 11 is 5.92. The standard InChI is InChI=1S/C10H16ClN3/c11-9-8-13-7-4-10(9)14-6-3-1-2-5-12/h4,7-8H,1-3,5-6,12H2,(H,13,14). The summed E-state index contributed by atoms with van der Waals surface area (Å²) in [5.74, 6) is 0. The SMILES string of the molecule is NCCCCCNc1ccncc1Cl. The Labute approximate surface area is 89.7 Å². The predicted molar refractivity (Wildman–Crippen MR) is 60.6 cm³/mol. The fourth-order valence-electron chi connectivity index (χ4n) is 1.19. The van der Waals surface area contributed by atoms with Crippen LogP contribution in [0.25, 0.3) is 0 Å². The smallest absolute Gasteiger partial charge is 0.0820 e. The number of halogens is 1. The van der Waals surface area contributed by atoms with Gasteiger partial charge in [0.1, 0.15) is 0 Å². The lowest BCUT2D eigenvalue weighted by Crippen LogP contribution is -2.04. The van der Waals surface area contributed by atoms with Crippen LogP contribution < -0.4 is 11.1 Å². The quantitative estimate of drug-likeness (QED) is 0.713. The molecule has 0 aliphatic rings. The number of rotatable bonds is 6. The lowest BCUT2D eigenvalue weighted by atomic mass is 10.2. The maximum atomic E-state index is 5.92. The van der Waals surface area contributed by atoms with Crippen molar-refractivity contribution in [3.8, 4) is 0 Å². The highest BCUT2D eigenvalue weighted by molar-refractivity contribution is 6.33. The predicted octanol–water partition coefficient (Wildman–Crippen LogP) is 2.28. The highest BCUT2D eigenvalue weighted by Gasteiger charge is 1.96. The number of nitrogens with one attached hydrogen (secondary N) is 1. The third-order valence-electron chi connectivity index (χ3n) is 1.97. The molecule has 4 heteroatoms. The number of hydrogen-bond donors (Lipinski definition) is 2. The molecular formula is C10H16ClN3. The molecule has 3 nitrogen and oxygen atoms in total. The Bertz CT molecular complexity index is 265. The lowest BCUT2D eigenvalue weighted by molar-refractivity contribution is 0.707. The van der Waals surface area contributed by atoms with Crippen LogP contribution in [0.3, 0.4) is 0 Å². The lowest BCUT2D eigenvalue weighted by Gasteiger charge is -2.06. The van der Waals surface area contributed by atoms with Gasteiger partial charge in [-0.2, -0.15) is 0 Å². The third kappa shape index (κ3) is 3.94. The van der Waals surface area contributed by atoms with Crippen molar-refractivity contribution >= 4 is 17.3 Å². The second kappa shape index (κ2) is 6.62. The van der Waals surface area contributed by atoms with E-state index in [9.17, 15) is 0 Å². The van der Waals surface area contributed by atoms with Crippen molar-refractivity contribution in [2.24, 2.45) is 5.73 Å². The Balaban J connectivity index is 2.21. The molecular weight excluding hydrogens is 198 g/mol. The molecule has 1 heterocycles. The maximum absolute atomic E-state index is 5.92. The second-order valence-corrected chi connectivity index (χ2v) is 3.54. The molecule has 0 saturated heterocycles. The summed E-state index contributed by atoms with van der Waals surface area (Å²) in [7, 11) is 0. The number of hydrogen-bond acceptors (Lipinski definition) is 3. The van der Waals surface area contributed by atoms with E-state index in [1.807, 2.05) is 6.07 Å². The van der Waals surface area contributed by atoms with E-state index in [0.29, 0.717) is 5.02 Å². The first-order chi connectivity index (χ1) is 6.84. The molecule has 0 saturated carbocycles. The molecule has 0 bridgehead atoms. The van der Waals surface area contributed by atoms with Crippen LogP contribution in [0.1, 0.15) is 19.3 Å². The average molecular weight is 214 g/mol. The summed E-state index contributed by atoms with van der Waals surface area (Å²) in [5, 5.41) is 3.93. The molecule has 1 aromatic rings. The highest BCUT2D eigenvalue weighted by Crippen LogP contribution is 2.18.